The van der Waals surface area contributed by atoms with Crippen molar-refractivity contribution in [1.29, 1.82) is 5.26 Å². The number of carbonyl (C=O) groups is 1. The molecule has 1 amide bonds. The summed E-state index contributed by atoms with van der Waals surface area (Å²) < 4.78 is 0. The highest BCUT2D eigenvalue weighted by atomic mass is 16.4. The zero-order valence-corrected chi connectivity index (χ0v) is 6.69. The lowest BCUT2D eigenvalue weighted by atomic mass is 10.3. The number of rotatable bonds is 2. The molecule has 2 N–H and O–H groups in total. The molecule has 0 radical (unpaired) electrons. The Hall–Kier alpha value is -2.09. The van der Waals surface area contributed by atoms with Gasteiger partial charge in [0.15, 0.2) is 0 Å². The van der Waals surface area contributed by atoms with Crippen LogP contribution in [0.2, 0.25) is 0 Å². The molecule has 0 spiro atoms. The zero-order chi connectivity index (χ0) is 9.68. The van der Waals surface area contributed by atoms with E-state index in [-0.39, 0.29) is 12.2 Å². The number of hydrogen-bond donors (Lipinski definition) is 2. The molecular formula is C8H7N3O2. The maximum Gasteiger partial charge on any atom is 0.404 e. The molecule has 0 aliphatic rings. The van der Waals surface area contributed by atoms with Gasteiger partial charge in [-0.3, -0.25) is 0 Å². The molecule has 0 saturated heterocycles. The van der Waals surface area contributed by atoms with Crippen molar-refractivity contribution >= 4 is 6.09 Å². The third-order valence-corrected chi connectivity index (χ3v) is 1.34. The summed E-state index contributed by atoms with van der Waals surface area (Å²) in [6.07, 6.45) is -1.11. The van der Waals surface area contributed by atoms with E-state index in [4.69, 9.17) is 10.4 Å². The predicted molar refractivity (Wildman–Crippen MR) is 43.8 cm³/mol. The molecule has 13 heavy (non-hydrogen) atoms. The summed E-state index contributed by atoms with van der Waals surface area (Å²) >= 11 is 0. The van der Waals surface area contributed by atoms with Crippen LogP contribution in [0.5, 0.6) is 0 Å². The van der Waals surface area contributed by atoms with Crippen molar-refractivity contribution < 1.29 is 9.90 Å². The number of pyridine rings is 1. The molecule has 0 aliphatic heterocycles. The number of carboxylic acid groups (broad SMARTS) is 1. The number of hydrogen-bond acceptors (Lipinski definition) is 3. The van der Waals surface area contributed by atoms with Gasteiger partial charge in [0, 0.05) is 0 Å². The van der Waals surface area contributed by atoms with E-state index in [2.05, 4.69) is 10.3 Å². The Morgan fingerprint density at radius 2 is 2.46 bits per heavy atom. The lowest BCUT2D eigenvalue weighted by Gasteiger charge is -1.99. The summed E-state index contributed by atoms with van der Waals surface area (Å²) in [6.45, 7) is 0.116. The first-order valence-corrected chi connectivity index (χ1v) is 3.55. The van der Waals surface area contributed by atoms with Crippen molar-refractivity contribution in [3.8, 4) is 6.07 Å². The van der Waals surface area contributed by atoms with Crippen molar-refractivity contribution in [3.63, 3.8) is 0 Å². The van der Waals surface area contributed by atoms with Gasteiger partial charge in [-0.05, 0) is 12.1 Å². The summed E-state index contributed by atoms with van der Waals surface area (Å²) in [5.74, 6) is 0. The Morgan fingerprint density at radius 3 is 3.08 bits per heavy atom. The highest BCUT2D eigenvalue weighted by molar-refractivity contribution is 5.64. The molecule has 1 aromatic rings. The van der Waals surface area contributed by atoms with E-state index in [1.54, 1.807) is 18.2 Å². The van der Waals surface area contributed by atoms with E-state index in [0.717, 1.165) is 0 Å². The Balaban J connectivity index is 2.68. The Bertz CT molecular complexity index is 357. The van der Waals surface area contributed by atoms with Crippen LogP contribution in [0.15, 0.2) is 18.2 Å². The zero-order valence-electron chi connectivity index (χ0n) is 6.69. The first-order valence-electron chi connectivity index (χ1n) is 3.55. The summed E-state index contributed by atoms with van der Waals surface area (Å²) in [5.41, 5.74) is 0.811. The van der Waals surface area contributed by atoms with Gasteiger partial charge >= 0.3 is 6.09 Å². The summed E-state index contributed by atoms with van der Waals surface area (Å²) in [5, 5.41) is 18.9. The molecule has 0 unspecified atom stereocenters. The maximum atomic E-state index is 10.1. The quantitative estimate of drug-likeness (QED) is 0.696. The fraction of sp³-hybridized carbons (Fsp3) is 0.125. The molecule has 0 aromatic carbocycles. The van der Waals surface area contributed by atoms with E-state index in [0.29, 0.717) is 5.69 Å². The SMILES string of the molecule is N#Cc1cccc(CNC(=O)O)n1. The fourth-order valence-electron chi connectivity index (χ4n) is 0.806. The van der Waals surface area contributed by atoms with Crippen LogP contribution in [-0.2, 0) is 6.54 Å². The van der Waals surface area contributed by atoms with Crippen LogP contribution in [-0.4, -0.2) is 16.2 Å². The highest BCUT2D eigenvalue weighted by Gasteiger charge is 1.98. The van der Waals surface area contributed by atoms with Crippen LogP contribution in [0.3, 0.4) is 0 Å². The Kier molecular flexibility index (Phi) is 2.82. The second-order valence-corrected chi connectivity index (χ2v) is 2.28. The molecule has 66 valence electrons. The number of aromatic nitrogens is 1. The number of nitrogens with one attached hydrogen (secondary N) is 1. The van der Waals surface area contributed by atoms with Crippen molar-refractivity contribution in [2.75, 3.05) is 0 Å². The first-order chi connectivity index (χ1) is 6.22. The number of amides is 1. The normalized spacial score (nSPS) is 8.85. The van der Waals surface area contributed by atoms with E-state index < -0.39 is 6.09 Å². The molecule has 1 aromatic heterocycles. The van der Waals surface area contributed by atoms with Crippen molar-refractivity contribution in [2.24, 2.45) is 0 Å². The van der Waals surface area contributed by atoms with Gasteiger partial charge in [0.05, 0.1) is 12.2 Å². The molecule has 0 atom stereocenters. The van der Waals surface area contributed by atoms with Gasteiger partial charge in [-0.25, -0.2) is 9.78 Å². The largest absolute Gasteiger partial charge is 0.465 e. The average Bonchev–Trinajstić information content (AvgIpc) is 2.15. The maximum absolute atomic E-state index is 10.1. The second kappa shape index (κ2) is 4.07. The standard InChI is InChI=1S/C8H7N3O2/c9-4-6-2-1-3-7(11-6)5-10-8(12)13/h1-3,10H,5H2,(H,12,13). The van der Waals surface area contributed by atoms with Gasteiger partial charge in [0.25, 0.3) is 0 Å². The predicted octanol–water partition coefficient (Wildman–Crippen LogP) is 0.721. The molecule has 0 bridgehead atoms. The molecule has 0 saturated carbocycles. The van der Waals surface area contributed by atoms with Crippen LogP contribution < -0.4 is 5.32 Å². The van der Waals surface area contributed by atoms with Crippen LogP contribution in [0.25, 0.3) is 0 Å². The van der Waals surface area contributed by atoms with Gasteiger partial charge in [-0.2, -0.15) is 5.26 Å². The molecule has 5 heteroatoms. The second-order valence-electron chi connectivity index (χ2n) is 2.28. The topological polar surface area (TPSA) is 86.0 Å². The third kappa shape index (κ3) is 2.79. The Morgan fingerprint density at radius 1 is 1.69 bits per heavy atom. The van der Waals surface area contributed by atoms with E-state index in [9.17, 15) is 4.79 Å². The number of nitrogens with zero attached hydrogens (tertiary/aromatic N) is 2. The van der Waals surface area contributed by atoms with Crippen LogP contribution >= 0.6 is 0 Å². The van der Waals surface area contributed by atoms with Gasteiger partial charge in [0.1, 0.15) is 11.8 Å². The van der Waals surface area contributed by atoms with Crippen LogP contribution in [0.1, 0.15) is 11.4 Å². The van der Waals surface area contributed by atoms with E-state index in [1.807, 2.05) is 6.07 Å². The number of nitriles is 1. The lowest BCUT2D eigenvalue weighted by Crippen LogP contribution is -2.20. The minimum Gasteiger partial charge on any atom is -0.465 e. The minimum atomic E-state index is -1.11. The minimum absolute atomic E-state index is 0.116. The summed E-state index contributed by atoms with van der Waals surface area (Å²) in [7, 11) is 0. The van der Waals surface area contributed by atoms with Crippen LogP contribution in [0, 0.1) is 11.3 Å². The van der Waals surface area contributed by atoms with E-state index >= 15 is 0 Å². The molecular weight excluding hydrogens is 170 g/mol. The van der Waals surface area contributed by atoms with Crippen molar-refractivity contribution in [2.45, 2.75) is 6.54 Å². The van der Waals surface area contributed by atoms with E-state index in [1.165, 1.54) is 0 Å². The first kappa shape index (κ1) is 9.00. The molecule has 1 rings (SSSR count). The fourth-order valence-corrected chi connectivity index (χ4v) is 0.806. The third-order valence-electron chi connectivity index (χ3n) is 1.34. The highest BCUT2D eigenvalue weighted by Crippen LogP contribution is 1.97. The van der Waals surface area contributed by atoms with Gasteiger partial charge in [0.2, 0.25) is 0 Å². The van der Waals surface area contributed by atoms with Crippen molar-refractivity contribution in [1.82, 2.24) is 10.3 Å². The lowest BCUT2D eigenvalue weighted by molar-refractivity contribution is 0.194. The summed E-state index contributed by atoms with van der Waals surface area (Å²) in [4.78, 5) is 14.0. The van der Waals surface area contributed by atoms with Gasteiger partial charge in [-0.1, -0.05) is 6.07 Å². The molecule has 5 nitrogen and oxygen atoms in total. The smallest absolute Gasteiger partial charge is 0.404 e. The molecule has 1 heterocycles. The average molecular weight is 177 g/mol. The Labute approximate surface area is 74.6 Å². The van der Waals surface area contributed by atoms with Gasteiger partial charge < -0.3 is 10.4 Å². The molecule has 0 aliphatic carbocycles. The monoisotopic (exact) mass is 177 g/mol. The molecule has 0 fully saturated rings. The summed E-state index contributed by atoms with van der Waals surface area (Å²) in [6, 6.07) is 6.74. The van der Waals surface area contributed by atoms with Crippen LogP contribution in [0.4, 0.5) is 4.79 Å². The van der Waals surface area contributed by atoms with Gasteiger partial charge in [-0.15, -0.1) is 0 Å². The van der Waals surface area contributed by atoms with Crippen molar-refractivity contribution in [3.05, 3.63) is 29.6 Å².